The van der Waals surface area contributed by atoms with E-state index in [9.17, 15) is 12.8 Å². The largest absolute Gasteiger partial charge is 0.307 e. The number of rotatable bonds is 5. The fraction of sp³-hybridized carbons (Fsp3) is 0.579. The summed E-state index contributed by atoms with van der Waals surface area (Å²) < 4.78 is 41.0. The van der Waals surface area contributed by atoms with Crippen LogP contribution in [0.15, 0.2) is 24.3 Å². The molecule has 2 aromatic rings. The molecule has 1 fully saturated rings. The molecule has 0 saturated carbocycles. The summed E-state index contributed by atoms with van der Waals surface area (Å²) in [6.45, 7) is 6.72. The van der Waals surface area contributed by atoms with Crippen LogP contribution in [0.25, 0.3) is 0 Å². The van der Waals surface area contributed by atoms with Crippen molar-refractivity contribution in [1.29, 1.82) is 0 Å². The predicted molar refractivity (Wildman–Crippen MR) is 110 cm³/mol. The summed E-state index contributed by atoms with van der Waals surface area (Å²) in [5.41, 5.74) is 0.871. The first kappa shape index (κ1) is 21.1. The highest BCUT2D eigenvalue weighted by Crippen LogP contribution is 2.33. The summed E-state index contributed by atoms with van der Waals surface area (Å²) in [6.07, 6.45) is 0.579. The maximum Gasteiger partial charge on any atom is 0.198 e. The van der Waals surface area contributed by atoms with Crippen LogP contribution in [0.3, 0.4) is 0 Å². The minimum atomic E-state index is -2.99. The molecule has 2 heterocycles. The zero-order valence-corrected chi connectivity index (χ0v) is 18.3. The van der Waals surface area contributed by atoms with Crippen LogP contribution in [0.1, 0.15) is 50.5 Å². The number of hydrogen-bond acceptors (Lipinski definition) is 5. The summed E-state index contributed by atoms with van der Waals surface area (Å²) in [7, 11) is -1.16. The van der Waals surface area contributed by atoms with Gasteiger partial charge in [-0.15, -0.1) is 0 Å². The van der Waals surface area contributed by atoms with Crippen molar-refractivity contribution in [1.82, 2.24) is 19.7 Å². The van der Waals surface area contributed by atoms with E-state index in [1.54, 1.807) is 21.4 Å². The average Bonchev–Trinajstić information content (AvgIpc) is 3.09. The Morgan fingerprint density at radius 2 is 1.96 bits per heavy atom. The van der Waals surface area contributed by atoms with E-state index >= 15 is 0 Å². The molecule has 0 aliphatic carbocycles. The lowest BCUT2D eigenvalue weighted by molar-refractivity contribution is 0.251. The van der Waals surface area contributed by atoms with Crippen LogP contribution < -0.4 is 5.32 Å². The second-order valence-corrected chi connectivity index (χ2v) is 11.1. The minimum absolute atomic E-state index is 0.0349. The lowest BCUT2D eigenvalue weighted by Gasteiger charge is -2.32. The van der Waals surface area contributed by atoms with Crippen molar-refractivity contribution in [2.24, 2.45) is 12.5 Å². The Balaban J connectivity index is 1.82. The molecular formula is C19H27FN4O2S2. The van der Waals surface area contributed by atoms with E-state index in [0.29, 0.717) is 23.7 Å². The molecule has 3 rings (SSSR count). The number of aromatic nitrogens is 3. The minimum Gasteiger partial charge on any atom is -0.307 e. The second kappa shape index (κ2) is 7.68. The summed E-state index contributed by atoms with van der Waals surface area (Å²) in [6, 6.07) is 6.45. The van der Waals surface area contributed by atoms with Gasteiger partial charge in [0.1, 0.15) is 11.6 Å². The quantitative estimate of drug-likeness (QED) is 0.743. The van der Waals surface area contributed by atoms with Gasteiger partial charge in [-0.3, -0.25) is 5.32 Å². The van der Waals surface area contributed by atoms with E-state index in [1.165, 1.54) is 12.1 Å². The Morgan fingerprint density at radius 1 is 1.32 bits per heavy atom. The van der Waals surface area contributed by atoms with E-state index in [0.717, 1.165) is 5.56 Å². The molecule has 28 heavy (non-hydrogen) atoms. The normalized spacial score (nSPS) is 20.4. The molecule has 1 saturated heterocycles. The molecule has 1 aliphatic heterocycles. The highest BCUT2D eigenvalue weighted by molar-refractivity contribution is 7.91. The van der Waals surface area contributed by atoms with Crippen LogP contribution in [0, 0.1) is 16.0 Å². The first-order valence-electron chi connectivity index (χ1n) is 9.31. The first-order valence-corrected chi connectivity index (χ1v) is 11.5. The van der Waals surface area contributed by atoms with Gasteiger partial charge in [0.25, 0.3) is 0 Å². The molecule has 9 heteroatoms. The Hall–Kier alpha value is -1.58. The molecule has 1 aromatic heterocycles. The monoisotopic (exact) mass is 426 g/mol. The maximum atomic E-state index is 13.3. The number of sulfone groups is 1. The van der Waals surface area contributed by atoms with E-state index in [4.69, 9.17) is 12.2 Å². The van der Waals surface area contributed by atoms with Crippen molar-refractivity contribution in [3.05, 3.63) is 46.2 Å². The number of nitrogens with zero attached hydrogens (tertiary/aromatic N) is 3. The SMILES string of the molecule is Cn1c(C2CCS(=O)(=O)C2)nn(CNC(c2ccc(F)cc2)C(C)(C)C)c1=S. The van der Waals surface area contributed by atoms with Crippen molar-refractivity contribution in [2.75, 3.05) is 11.5 Å². The molecule has 1 aliphatic rings. The van der Waals surface area contributed by atoms with Gasteiger partial charge in [-0.1, -0.05) is 32.9 Å². The molecule has 0 bridgehead atoms. The van der Waals surface area contributed by atoms with Crippen LogP contribution in [0.2, 0.25) is 0 Å². The van der Waals surface area contributed by atoms with Gasteiger partial charge in [-0.05, 0) is 41.7 Å². The molecule has 0 amide bonds. The molecule has 1 N–H and O–H groups in total. The molecule has 6 nitrogen and oxygen atoms in total. The zero-order valence-electron chi connectivity index (χ0n) is 16.6. The number of nitrogens with one attached hydrogen (secondary N) is 1. The summed E-state index contributed by atoms with van der Waals surface area (Å²) in [5.74, 6) is 0.654. The molecule has 0 spiro atoms. The van der Waals surface area contributed by atoms with Crippen LogP contribution in [-0.4, -0.2) is 34.3 Å². The van der Waals surface area contributed by atoms with Crippen molar-refractivity contribution in [3.63, 3.8) is 0 Å². The Kier molecular flexibility index (Phi) is 5.80. The zero-order chi connectivity index (χ0) is 20.7. The van der Waals surface area contributed by atoms with Crippen molar-refractivity contribution in [2.45, 2.75) is 45.8 Å². The molecule has 2 atom stereocenters. The van der Waals surface area contributed by atoms with Gasteiger partial charge < -0.3 is 4.57 Å². The fourth-order valence-electron chi connectivity index (χ4n) is 3.72. The van der Waals surface area contributed by atoms with Gasteiger partial charge in [-0.2, -0.15) is 5.10 Å². The second-order valence-electron chi connectivity index (χ2n) is 8.51. The van der Waals surface area contributed by atoms with Crippen LogP contribution in [-0.2, 0) is 23.6 Å². The Labute approximate surface area is 170 Å². The van der Waals surface area contributed by atoms with Gasteiger partial charge in [0, 0.05) is 19.0 Å². The Morgan fingerprint density at radius 3 is 2.50 bits per heavy atom. The lowest BCUT2D eigenvalue weighted by Crippen LogP contribution is -2.34. The summed E-state index contributed by atoms with van der Waals surface area (Å²) in [5, 5.41) is 8.09. The van der Waals surface area contributed by atoms with E-state index < -0.39 is 9.84 Å². The fourth-order valence-corrected chi connectivity index (χ4v) is 5.66. The number of hydrogen-bond donors (Lipinski definition) is 1. The molecular weight excluding hydrogens is 399 g/mol. The van der Waals surface area contributed by atoms with E-state index in [1.807, 2.05) is 7.05 Å². The molecule has 1 aromatic carbocycles. The van der Waals surface area contributed by atoms with Crippen molar-refractivity contribution in [3.8, 4) is 0 Å². The van der Waals surface area contributed by atoms with Crippen LogP contribution >= 0.6 is 12.2 Å². The summed E-state index contributed by atoms with van der Waals surface area (Å²) in [4.78, 5) is 0. The predicted octanol–water partition coefficient (Wildman–Crippen LogP) is 3.33. The average molecular weight is 427 g/mol. The molecule has 0 radical (unpaired) electrons. The van der Waals surface area contributed by atoms with Crippen molar-refractivity contribution >= 4 is 22.1 Å². The van der Waals surface area contributed by atoms with Gasteiger partial charge in [0.15, 0.2) is 14.6 Å². The van der Waals surface area contributed by atoms with Crippen LogP contribution in [0.5, 0.6) is 0 Å². The molecule has 154 valence electrons. The third kappa shape index (κ3) is 4.52. The van der Waals surface area contributed by atoms with Gasteiger partial charge in [0.05, 0.1) is 18.2 Å². The van der Waals surface area contributed by atoms with Crippen molar-refractivity contribution < 1.29 is 12.8 Å². The first-order chi connectivity index (χ1) is 13.0. The summed E-state index contributed by atoms with van der Waals surface area (Å²) >= 11 is 5.51. The van der Waals surface area contributed by atoms with Crippen LogP contribution in [0.4, 0.5) is 4.39 Å². The maximum absolute atomic E-state index is 13.3. The van der Waals surface area contributed by atoms with Gasteiger partial charge in [-0.25, -0.2) is 17.5 Å². The third-order valence-electron chi connectivity index (χ3n) is 5.19. The van der Waals surface area contributed by atoms with Gasteiger partial charge >= 0.3 is 0 Å². The number of benzene rings is 1. The molecule has 2 unspecified atom stereocenters. The standard InChI is InChI=1S/C19H27FN4O2S2/c1-19(2,3)16(13-5-7-15(20)8-6-13)21-12-24-18(27)23(4)17(22-24)14-9-10-28(25,26)11-14/h5-8,14,16,21H,9-12H2,1-4H3. The van der Waals surface area contributed by atoms with E-state index in [2.05, 4.69) is 31.2 Å². The highest BCUT2D eigenvalue weighted by atomic mass is 32.2. The number of halogens is 1. The topological polar surface area (TPSA) is 68.9 Å². The smallest absolute Gasteiger partial charge is 0.198 e. The lowest BCUT2D eigenvalue weighted by atomic mass is 9.82. The van der Waals surface area contributed by atoms with Gasteiger partial charge in [0.2, 0.25) is 0 Å². The van der Waals surface area contributed by atoms with E-state index in [-0.39, 0.29) is 34.7 Å². The Bertz CT molecular complexity index is 1000. The third-order valence-corrected chi connectivity index (χ3v) is 7.44. The highest BCUT2D eigenvalue weighted by Gasteiger charge is 2.33.